The van der Waals surface area contributed by atoms with Gasteiger partial charge in [-0.1, -0.05) is 19.1 Å². The maximum atomic E-state index is 11.4. The standard InChI is InChI=1S/C12H17NO2/c1-4-12(14)13(2)9-10-6-5-7-11(8-10)15-3/h5-8H,4,9H2,1-3H3. The van der Waals surface area contributed by atoms with E-state index in [2.05, 4.69) is 0 Å². The second-order valence-electron chi connectivity index (χ2n) is 3.45. The molecule has 0 aliphatic carbocycles. The summed E-state index contributed by atoms with van der Waals surface area (Å²) >= 11 is 0. The van der Waals surface area contributed by atoms with Crippen LogP contribution in [0.1, 0.15) is 18.9 Å². The van der Waals surface area contributed by atoms with Crippen LogP contribution < -0.4 is 4.74 Å². The van der Waals surface area contributed by atoms with Crippen LogP contribution in [0.5, 0.6) is 5.75 Å². The van der Waals surface area contributed by atoms with Crippen molar-refractivity contribution in [2.75, 3.05) is 14.2 Å². The Balaban J connectivity index is 2.67. The predicted octanol–water partition coefficient (Wildman–Crippen LogP) is 2.06. The van der Waals surface area contributed by atoms with Crippen molar-refractivity contribution in [2.45, 2.75) is 19.9 Å². The van der Waals surface area contributed by atoms with Gasteiger partial charge in [0.1, 0.15) is 5.75 Å². The number of rotatable bonds is 4. The highest BCUT2D eigenvalue weighted by Crippen LogP contribution is 2.13. The van der Waals surface area contributed by atoms with Crippen LogP contribution in [0.2, 0.25) is 0 Å². The van der Waals surface area contributed by atoms with Gasteiger partial charge in [0.2, 0.25) is 5.91 Å². The van der Waals surface area contributed by atoms with E-state index in [-0.39, 0.29) is 5.91 Å². The first kappa shape index (κ1) is 11.6. The average Bonchev–Trinajstić information content (AvgIpc) is 2.28. The molecule has 0 N–H and O–H groups in total. The molecular weight excluding hydrogens is 190 g/mol. The molecule has 0 radical (unpaired) electrons. The maximum Gasteiger partial charge on any atom is 0.222 e. The molecule has 0 unspecified atom stereocenters. The maximum absolute atomic E-state index is 11.4. The Morgan fingerprint density at radius 1 is 1.47 bits per heavy atom. The topological polar surface area (TPSA) is 29.5 Å². The first-order valence-electron chi connectivity index (χ1n) is 5.04. The second-order valence-corrected chi connectivity index (χ2v) is 3.45. The van der Waals surface area contributed by atoms with Gasteiger partial charge < -0.3 is 9.64 Å². The van der Waals surface area contributed by atoms with E-state index in [1.807, 2.05) is 38.2 Å². The summed E-state index contributed by atoms with van der Waals surface area (Å²) in [5.74, 6) is 0.975. The summed E-state index contributed by atoms with van der Waals surface area (Å²) in [5.41, 5.74) is 1.08. The lowest BCUT2D eigenvalue weighted by atomic mass is 10.2. The summed E-state index contributed by atoms with van der Waals surface area (Å²) in [4.78, 5) is 13.1. The van der Waals surface area contributed by atoms with Gasteiger partial charge in [-0.15, -0.1) is 0 Å². The molecule has 1 aromatic carbocycles. The zero-order valence-corrected chi connectivity index (χ0v) is 9.49. The Labute approximate surface area is 90.7 Å². The second kappa shape index (κ2) is 5.39. The van der Waals surface area contributed by atoms with Crippen molar-refractivity contribution in [1.82, 2.24) is 4.90 Å². The Morgan fingerprint density at radius 3 is 2.80 bits per heavy atom. The number of benzene rings is 1. The third kappa shape index (κ3) is 3.27. The van der Waals surface area contributed by atoms with Gasteiger partial charge in [0.25, 0.3) is 0 Å². The van der Waals surface area contributed by atoms with Crippen LogP contribution in [0.3, 0.4) is 0 Å². The Bertz CT molecular complexity index is 336. The number of carbonyl (C=O) groups excluding carboxylic acids is 1. The number of hydrogen-bond donors (Lipinski definition) is 0. The number of methoxy groups -OCH3 is 1. The number of amides is 1. The van der Waals surface area contributed by atoms with Crippen molar-refractivity contribution in [3.8, 4) is 5.75 Å². The van der Waals surface area contributed by atoms with E-state index in [1.165, 1.54) is 0 Å². The average molecular weight is 207 g/mol. The molecule has 0 heterocycles. The zero-order valence-electron chi connectivity index (χ0n) is 9.49. The predicted molar refractivity (Wildman–Crippen MR) is 59.8 cm³/mol. The van der Waals surface area contributed by atoms with Crippen molar-refractivity contribution in [3.05, 3.63) is 29.8 Å². The number of ether oxygens (including phenoxy) is 1. The van der Waals surface area contributed by atoms with Crippen molar-refractivity contribution >= 4 is 5.91 Å². The summed E-state index contributed by atoms with van der Waals surface area (Å²) in [6, 6.07) is 7.75. The van der Waals surface area contributed by atoms with E-state index >= 15 is 0 Å². The van der Waals surface area contributed by atoms with Crippen LogP contribution in [-0.2, 0) is 11.3 Å². The Morgan fingerprint density at radius 2 is 2.20 bits per heavy atom. The first-order valence-corrected chi connectivity index (χ1v) is 5.04. The molecule has 3 heteroatoms. The van der Waals surface area contributed by atoms with E-state index in [9.17, 15) is 4.79 Å². The molecule has 0 bridgehead atoms. The monoisotopic (exact) mass is 207 g/mol. The van der Waals surface area contributed by atoms with Crippen LogP contribution in [0, 0.1) is 0 Å². The molecule has 3 nitrogen and oxygen atoms in total. The van der Waals surface area contributed by atoms with Crippen LogP contribution in [0.15, 0.2) is 24.3 Å². The summed E-state index contributed by atoms with van der Waals surface area (Å²) in [6.45, 7) is 2.49. The summed E-state index contributed by atoms with van der Waals surface area (Å²) in [5, 5.41) is 0. The lowest BCUT2D eigenvalue weighted by Crippen LogP contribution is -2.25. The highest BCUT2D eigenvalue weighted by molar-refractivity contribution is 5.75. The number of hydrogen-bond acceptors (Lipinski definition) is 2. The SMILES string of the molecule is CCC(=O)N(C)Cc1cccc(OC)c1. The quantitative estimate of drug-likeness (QED) is 0.756. The van der Waals surface area contributed by atoms with Gasteiger partial charge in [-0.3, -0.25) is 4.79 Å². The first-order chi connectivity index (χ1) is 7.17. The lowest BCUT2D eigenvalue weighted by molar-refractivity contribution is -0.130. The van der Waals surface area contributed by atoms with Crippen LogP contribution in [0.4, 0.5) is 0 Å². The Hall–Kier alpha value is -1.51. The number of carbonyl (C=O) groups is 1. The molecule has 0 atom stereocenters. The lowest BCUT2D eigenvalue weighted by Gasteiger charge is -2.16. The highest BCUT2D eigenvalue weighted by atomic mass is 16.5. The molecule has 0 saturated heterocycles. The van der Waals surface area contributed by atoms with E-state index in [1.54, 1.807) is 12.0 Å². The van der Waals surface area contributed by atoms with Gasteiger partial charge in [-0.2, -0.15) is 0 Å². The largest absolute Gasteiger partial charge is 0.497 e. The molecule has 0 aliphatic heterocycles. The minimum absolute atomic E-state index is 0.151. The van der Waals surface area contributed by atoms with Gasteiger partial charge in [0.05, 0.1) is 7.11 Å². The normalized spacial score (nSPS) is 9.80. The molecular formula is C12H17NO2. The summed E-state index contributed by atoms with van der Waals surface area (Å²) in [7, 11) is 3.45. The van der Waals surface area contributed by atoms with E-state index in [0.717, 1.165) is 11.3 Å². The minimum Gasteiger partial charge on any atom is -0.497 e. The summed E-state index contributed by atoms with van der Waals surface area (Å²) < 4.78 is 5.12. The third-order valence-electron chi connectivity index (χ3n) is 2.28. The molecule has 82 valence electrons. The van der Waals surface area contributed by atoms with Crippen LogP contribution in [-0.4, -0.2) is 25.0 Å². The van der Waals surface area contributed by atoms with Crippen molar-refractivity contribution in [2.24, 2.45) is 0 Å². The van der Waals surface area contributed by atoms with Gasteiger partial charge in [0, 0.05) is 20.0 Å². The molecule has 0 aliphatic rings. The smallest absolute Gasteiger partial charge is 0.222 e. The van der Waals surface area contributed by atoms with E-state index < -0.39 is 0 Å². The molecule has 0 spiro atoms. The van der Waals surface area contributed by atoms with E-state index in [4.69, 9.17) is 4.74 Å². The molecule has 1 amide bonds. The van der Waals surface area contributed by atoms with Gasteiger partial charge >= 0.3 is 0 Å². The van der Waals surface area contributed by atoms with Crippen molar-refractivity contribution in [1.29, 1.82) is 0 Å². The molecule has 0 fully saturated rings. The molecule has 0 aromatic heterocycles. The van der Waals surface area contributed by atoms with Crippen LogP contribution >= 0.6 is 0 Å². The van der Waals surface area contributed by atoms with Crippen LogP contribution in [0.25, 0.3) is 0 Å². The third-order valence-corrected chi connectivity index (χ3v) is 2.28. The fourth-order valence-electron chi connectivity index (χ4n) is 1.40. The number of nitrogens with zero attached hydrogens (tertiary/aromatic N) is 1. The fourth-order valence-corrected chi connectivity index (χ4v) is 1.40. The molecule has 1 rings (SSSR count). The fraction of sp³-hybridized carbons (Fsp3) is 0.417. The van der Waals surface area contributed by atoms with Gasteiger partial charge in [0.15, 0.2) is 0 Å². The molecule has 0 saturated carbocycles. The minimum atomic E-state index is 0.151. The van der Waals surface area contributed by atoms with Crippen molar-refractivity contribution < 1.29 is 9.53 Å². The summed E-state index contributed by atoms with van der Waals surface area (Å²) in [6.07, 6.45) is 0.542. The van der Waals surface area contributed by atoms with E-state index in [0.29, 0.717) is 13.0 Å². The highest BCUT2D eigenvalue weighted by Gasteiger charge is 2.06. The molecule has 15 heavy (non-hydrogen) atoms. The van der Waals surface area contributed by atoms with Gasteiger partial charge in [-0.05, 0) is 17.7 Å². The molecule has 1 aromatic rings. The van der Waals surface area contributed by atoms with Crippen molar-refractivity contribution in [3.63, 3.8) is 0 Å². The van der Waals surface area contributed by atoms with Gasteiger partial charge in [-0.25, -0.2) is 0 Å². The zero-order chi connectivity index (χ0) is 11.3. The Kier molecular flexibility index (Phi) is 4.16.